The van der Waals surface area contributed by atoms with Crippen molar-refractivity contribution in [1.29, 1.82) is 0 Å². The van der Waals surface area contributed by atoms with Gasteiger partial charge in [-0.05, 0) is 74.0 Å². The summed E-state index contributed by atoms with van der Waals surface area (Å²) in [6.07, 6.45) is 4.12. The highest BCUT2D eigenvalue weighted by Gasteiger charge is 2.32. The van der Waals surface area contributed by atoms with Crippen molar-refractivity contribution in [3.8, 4) is 0 Å². The van der Waals surface area contributed by atoms with E-state index < -0.39 is 66.5 Å². The van der Waals surface area contributed by atoms with Gasteiger partial charge in [0.1, 0.15) is 12.1 Å². The second-order valence-electron chi connectivity index (χ2n) is 18.6. The Morgan fingerprint density at radius 1 is 0.644 bits per heavy atom. The van der Waals surface area contributed by atoms with Gasteiger partial charge in [-0.15, -0.1) is 0 Å². The number of fused-ring (bicyclic) bond motifs is 1. The molecule has 2 fully saturated rings. The average Bonchev–Trinajstić information content (AvgIpc) is 3.74. The van der Waals surface area contributed by atoms with Crippen molar-refractivity contribution in [1.82, 2.24) is 46.2 Å². The van der Waals surface area contributed by atoms with E-state index in [-0.39, 0.29) is 121 Å². The lowest BCUT2D eigenvalue weighted by molar-refractivity contribution is -0.141. The van der Waals surface area contributed by atoms with Crippen molar-refractivity contribution in [2.45, 2.75) is 88.9 Å². The van der Waals surface area contributed by atoms with Gasteiger partial charge in [0, 0.05) is 90.6 Å². The topological polar surface area (TPSA) is 354 Å². The van der Waals surface area contributed by atoms with Gasteiger partial charge >= 0.3 is 35.9 Å². The number of carbonyl (C=O) groups is 10. The Morgan fingerprint density at radius 3 is 1.74 bits per heavy atom. The first-order valence-electron chi connectivity index (χ1n) is 24.7. The molecule has 3 atom stereocenters. The van der Waals surface area contributed by atoms with Crippen LogP contribution in [0.4, 0.5) is 4.79 Å². The van der Waals surface area contributed by atoms with Crippen LogP contribution in [-0.4, -0.2) is 215 Å². The third-order valence-electron chi connectivity index (χ3n) is 13.1. The molecule has 1 saturated carbocycles. The molecule has 0 radical (unpaired) electrons. The molecule has 1 heterocycles. The number of carboxylic acids is 5. The fraction of sp³-hybridized carbons (Fsp3) is 0.625. The summed E-state index contributed by atoms with van der Waals surface area (Å²) < 4.78 is 4.94. The Hall–Kier alpha value is -6.70. The number of hydrogen-bond donors (Lipinski definition) is 10. The van der Waals surface area contributed by atoms with Crippen LogP contribution in [0.25, 0.3) is 5.57 Å². The standard InChI is InChI=1S/C48H71N9O16/c58-31-73-40(53-48(72)52-37(47(70)71)14-15-41(60)61)7-3-4-16-49-46(69)38(25-35-13-12-33-5-1-2-6-36(33)35)51-45(68)34-10-8-32(9-11-34)26-50-39(59)27-54-17-19-55(28-42(62)63)21-23-57(30-44(66)67)24-22-56(20-18-54)29-43(64)65/h1-2,5-6,13,31-32,34,37-38,40H,3-4,7-12,14-30H2,(H,49,69)(H,50,59)(H,51,68)(H,60,61)(H,62,63)(H,64,65)(H,66,67)(H,70,71)(H2,52,53,72)/t32-,34-,37-,38-,40+/m0/s1. The van der Waals surface area contributed by atoms with Crippen molar-refractivity contribution in [3.63, 3.8) is 0 Å². The van der Waals surface area contributed by atoms with E-state index in [2.05, 4.69) is 26.6 Å². The molecule has 0 aromatic heterocycles. The van der Waals surface area contributed by atoms with Crippen molar-refractivity contribution in [2.75, 3.05) is 91.6 Å². The summed E-state index contributed by atoms with van der Waals surface area (Å²) in [6.45, 7) is 2.01. The summed E-state index contributed by atoms with van der Waals surface area (Å²) in [5, 5.41) is 60.1. The zero-order valence-electron chi connectivity index (χ0n) is 41.0. The van der Waals surface area contributed by atoms with E-state index in [0.717, 1.165) is 16.7 Å². The van der Waals surface area contributed by atoms with Crippen LogP contribution in [-0.2, 0) is 54.3 Å². The van der Waals surface area contributed by atoms with Crippen LogP contribution in [0.5, 0.6) is 0 Å². The molecular formula is C48H71N9O16. The van der Waals surface area contributed by atoms with Crippen LogP contribution in [0.1, 0.15) is 75.3 Å². The SMILES string of the molecule is O=CO[C@H](CCCCNC(=O)[C@H](CC1=CCc2ccccc21)NC(=O)[C@H]1CC[C@H](CNC(=O)CN2CCN(CC(=O)O)CCN(CC(=O)O)CCN(CC(=O)O)CC2)CC1)NC(=O)N[C@@H](CCC(=O)O)C(=O)O. The number of hydrogen-bond acceptors (Lipinski definition) is 15. The summed E-state index contributed by atoms with van der Waals surface area (Å²) in [4.78, 5) is 129. The van der Waals surface area contributed by atoms with Crippen LogP contribution in [0.2, 0.25) is 0 Å². The minimum absolute atomic E-state index is 0.0184. The zero-order valence-corrected chi connectivity index (χ0v) is 41.0. The molecule has 1 saturated heterocycles. The lowest BCUT2D eigenvalue weighted by Gasteiger charge is -2.33. The van der Waals surface area contributed by atoms with Crippen molar-refractivity contribution >= 4 is 65.6 Å². The molecule has 1 aliphatic heterocycles. The lowest BCUT2D eigenvalue weighted by atomic mass is 9.81. The molecule has 3 aliphatic rings. The van der Waals surface area contributed by atoms with Crippen molar-refractivity contribution in [2.24, 2.45) is 11.8 Å². The fourth-order valence-corrected chi connectivity index (χ4v) is 9.10. The summed E-state index contributed by atoms with van der Waals surface area (Å²) >= 11 is 0. The Labute approximate surface area is 423 Å². The number of aliphatic carboxylic acids is 5. The number of ether oxygens (including phenoxy) is 1. The molecule has 25 nitrogen and oxygen atoms in total. The highest BCUT2D eigenvalue weighted by molar-refractivity contribution is 5.91. The highest BCUT2D eigenvalue weighted by Crippen LogP contribution is 2.32. The predicted molar refractivity (Wildman–Crippen MR) is 260 cm³/mol. The van der Waals surface area contributed by atoms with E-state index in [9.17, 15) is 68.4 Å². The number of nitrogens with zero attached hydrogens (tertiary/aromatic N) is 4. The van der Waals surface area contributed by atoms with Gasteiger partial charge in [0.15, 0.2) is 6.23 Å². The Balaban J connectivity index is 1.28. The Bertz CT molecular complexity index is 2070. The maximum absolute atomic E-state index is 13.8. The number of amides is 5. The van der Waals surface area contributed by atoms with Gasteiger partial charge in [-0.25, -0.2) is 9.59 Å². The summed E-state index contributed by atoms with van der Waals surface area (Å²) in [5.41, 5.74) is 3.03. The summed E-state index contributed by atoms with van der Waals surface area (Å²) in [5.74, 6) is -7.05. The minimum atomic E-state index is -1.49. The quantitative estimate of drug-likeness (QED) is 0.0282. The maximum Gasteiger partial charge on any atom is 0.326 e. The van der Waals surface area contributed by atoms with E-state index in [1.807, 2.05) is 35.2 Å². The van der Waals surface area contributed by atoms with Gasteiger partial charge in [0.25, 0.3) is 6.47 Å². The normalized spacial score (nSPS) is 19.4. The largest absolute Gasteiger partial charge is 0.481 e. The minimum Gasteiger partial charge on any atom is -0.481 e. The highest BCUT2D eigenvalue weighted by atomic mass is 16.5. The van der Waals surface area contributed by atoms with Crippen molar-refractivity contribution < 1.29 is 78.2 Å². The molecule has 10 N–H and O–H groups in total. The van der Waals surface area contributed by atoms with Crippen LogP contribution in [0, 0.1) is 11.8 Å². The number of carbonyl (C=O) groups excluding carboxylic acids is 5. The first-order chi connectivity index (χ1) is 34.9. The Kier molecular flexibility index (Phi) is 25.0. The molecule has 73 heavy (non-hydrogen) atoms. The molecule has 4 rings (SSSR count). The van der Waals surface area contributed by atoms with Crippen molar-refractivity contribution in [3.05, 3.63) is 41.5 Å². The fourth-order valence-electron chi connectivity index (χ4n) is 9.10. The second-order valence-corrected chi connectivity index (χ2v) is 18.6. The van der Waals surface area contributed by atoms with Crippen LogP contribution >= 0.6 is 0 Å². The molecule has 0 spiro atoms. The molecule has 25 heteroatoms. The van der Waals surface area contributed by atoms with Crippen LogP contribution in [0.15, 0.2) is 30.3 Å². The van der Waals surface area contributed by atoms with Gasteiger partial charge in [-0.1, -0.05) is 30.3 Å². The number of nitrogens with one attached hydrogen (secondary N) is 5. The van der Waals surface area contributed by atoms with Gasteiger partial charge in [-0.2, -0.15) is 0 Å². The second kappa shape index (κ2) is 31.0. The van der Waals surface area contributed by atoms with E-state index in [0.29, 0.717) is 64.6 Å². The number of carboxylic acid groups (broad SMARTS) is 5. The maximum atomic E-state index is 13.8. The molecule has 2 aliphatic carbocycles. The third kappa shape index (κ3) is 22.3. The molecule has 5 amide bonds. The van der Waals surface area contributed by atoms with E-state index >= 15 is 0 Å². The number of benzene rings is 1. The first-order valence-corrected chi connectivity index (χ1v) is 24.7. The van der Waals surface area contributed by atoms with Crippen LogP contribution in [0.3, 0.4) is 0 Å². The van der Waals surface area contributed by atoms with Gasteiger partial charge in [0.05, 0.1) is 26.2 Å². The predicted octanol–water partition coefficient (Wildman–Crippen LogP) is -0.698. The zero-order chi connectivity index (χ0) is 53.3. The number of rotatable bonds is 28. The van der Waals surface area contributed by atoms with Gasteiger partial charge in [-0.3, -0.25) is 58.0 Å². The third-order valence-corrected chi connectivity index (χ3v) is 13.1. The van der Waals surface area contributed by atoms with E-state index in [1.54, 1.807) is 14.7 Å². The smallest absolute Gasteiger partial charge is 0.326 e. The van der Waals surface area contributed by atoms with E-state index in [1.165, 1.54) is 0 Å². The first kappa shape index (κ1) is 58.9. The van der Waals surface area contributed by atoms with Crippen LogP contribution < -0.4 is 26.6 Å². The lowest BCUT2D eigenvalue weighted by Crippen LogP contribution is -2.50. The summed E-state index contributed by atoms with van der Waals surface area (Å²) in [6, 6.07) is 4.45. The molecule has 0 unspecified atom stereocenters. The molecule has 404 valence electrons. The molecule has 0 bridgehead atoms. The Morgan fingerprint density at radius 2 is 1.21 bits per heavy atom. The average molecular weight is 1030 g/mol. The molecular weight excluding hydrogens is 959 g/mol. The number of unbranched alkanes of at least 4 members (excludes halogenated alkanes) is 1. The number of allylic oxidation sites excluding steroid dienone is 1. The molecule has 1 aromatic rings. The summed E-state index contributed by atoms with van der Waals surface area (Å²) in [7, 11) is 0. The van der Waals surface area contributed by atoms with E-state index in [4.69, 9.17) is 9.84 Å². The number of urea groups is 1. The van der Waals surface area contributed by atoms with Gasteiger partial charge < -0.3 is 56.9 Å². The van der Waals surface area contributed by atoms with Gasteiger partial charge in [0.2, 0.25) is 17.7 Å². The monoisotopic (exact) mass is 1030 g/mol. The molecule has 1 aromatic carbocycles.